The topological polar surface area (TPSA) is 60.0 Å². The number of hydrogen-bond acceptors (Lipinski definition) is 5. The van der Waals surface area contributed by atoms with Gasteiger partial charge in [-0.05, 0) is 26.0 Å². The molecule has 1 aromatic rings. The fourth-order valence-corrected chi connectivity index (χ4v) is 2.88. The summed E-state index contributed by atoms with van der Waals surface area (Å²) < 4.78 is 15.9. The van der Waals surface area contributed by atoms with Crippen LogP contribution in [-0.4, -0.2) is 57.3 Å². The van der Waals surface area contributed by atoms with E-state index >= 15 is 0 Å². The van der Waals surface area contributed by atoms with Crippen molar-refractivity contribution in [1.29, 1.82) is 0 Å². The first-order valence-electron chi connectivity index (χ1n) is 7.35. The third-order valence-corrected chi connectivity index (χ3v) is 3.76. The lowest BCUT2D eigenvalue weighted by Crippen LogP contribution is -2.55. The number of carbonyl (C=O) groups is 1. The van der Waals surface area contributed by atoms with Crippen molar-refractivity contribution in [2.45, 2.75) is 25.9 Å². The van der Waals surface area contributed by atoms with Crippen molar-refractivity contribution in [2.24, 2.45) is 0 Å². The van der Waals surface area contributed by atoms with Gasteiger partial charge in [-0.1, -0.05) is 0 Å². The van der Waals surface area contributed by atoms with E-state index in [-0.39, 0.29) is 30.4 Å². The van der Waals surface area contributed by atoms with Gasteiger partial charge in [-0.15, -0.1) is 12.4 Å². The van der Waals surface area contributed by atoms with Crippen molar-refractivity contribution < 1.29 is 19.0 Å². The highest BCUT2D eigenvalue weighted by Crippen LogP contribution is 2.38. The number of methoxy groups -OCH3 is 3. The third-order valence-electron chi connectivity index (χ3n) is 3.76. The lowest BCUT2D eigenvalue weighted by atomic mass is 10.1. The normalized spacial score (nSPS) is 20.5. The first-order valence-corrected chi connectivity index (χ1v) is 7.35. The second kappa shape index (κ2) is 8.26. The summed E-state index contributed by atoms with van der Waals surface area (Å²) in [5.74, 6) is 1.44. The number of piperazine rings is 1. The van der Waals surface area contributed by atoms with Gasteiger partial charge in [-0.25, -0.2) is 0 Å². The number of benzene rings is 1. The molecule has 2 unspecified atom stereocenters. The molecule has 1 fully saturated rings. The van der Waals surface area contributed by atoms with Crippen LogP contribution in [0.5, 0.6) is 17.2 Å². The summed E-state index contributed by atoms with van der Waals surface area (Å²) in [4.78, 5) is 14.6. The SMILES string of the molecule is COc1cc(C(=O)N2CC(C)NC(C)C2)cc(OC)c1OC.Cl. The number of nitrogens with zero attached hydrogens (tertiary/aromatic N) is 1. The number of nitrogens with one attached hydrogen (secondary N) is 1. The molecule has 1 N–H and O–H groups in total. The van der Waals surface area contributed by atoms with Gasteiger partial charge in [-0.2, -0.15) is 0 Å². The molecule has 1 aliphatic rings. The molecule has 23 heavy (non-hydrogen) atoms. The van der Waals surface area contributed by atoms with Crippen molar-refractivity contribution in [3.8, 4) is 17.2 Å². The maximum atomic E-state index is 12.8. The Bertz CT molecular complexity index is 518. The van der Waals surface area contributed by atoms with Gasteiger partial charge in [0.25, 0.3) is 5.91 Å². The van der Waals surface area contributed by atoms with E-state index in [0.717, 1.165) is 0 Å². The van der Waals surface area contributed by atoms with Crippen LogP contribution in [0.1, 0.15) is 24.2 Å². The Balaban J connectivity index is 0.00000264. The van der Waals surface area contributed by atoms with Crippen molar-refractivity contribution in [3.05, 3.63) is 17.7 Å². The van der Waals surface area contributed by atoms with Crippen molar-refractivity contribution in [1.82, 2.24) is 10.2 Å². The minimum Gasteiger partial charge on any atom is -0.493 e. The molecule has 7 heteroatoms. The summed E-state index contributed by atoms with van der Waals surface area (Å²) >= 11 is 0. The summed E-state index contributed by atoms with van der Waals surface area (Å²) in [5.41, 5.74) is 0.538. The van der Waals surface area contributed by atoms with Crippen molar-refractivity contribution >= 4 is 18.3 Å². The van der Waals surface area contributed by atoms with Gasteiger partial charge in [-0.3, -0.25) is 4.79 Å². The molecular formula is C16H25ClN2O4. The Morgan fingerprint density at radius 2 is 1.52 bits per heavy atom. The summed E-state index contributed by atoms with van der Waals surface area (Å²) in [6, 6.07) is 3.94. The highest BCUT2D eigenvalue weighted by molar-refractivity contribution is 5.95. The largest absolute Gasteiger partial charge is 0.493 e. The first-order chi connectivity index (χ1) is 10.5. The van der Waals surface area contributed by atoms with E-state index < -0.39 is 0 Å². The molecule has 1 aliphatic heterocycles. The molecular weight excluding hydrogens is 320 g/mol. The van der Waals surface area contributed by atoms with Crippen LogP contribution in [0.15, 0.2) is 12.1 Å². The minimum absolute atomic E-state index is 0. The molecule has 130 valence electrons. The Hall–Kier alpha value is -1.66. The lowest BCUT2D eigenvalue weighted by molar-refractivity contribution is 0.0673. The van der Waals surface area contributed by atoms with Gasteiger partial charge in [0.2, 0.25) is 5.75 Å². The number of amides is 1. The number of ether oxygens (including phenoxy) is 3. The van der Waals surface area contributed by atoms with E-state index in [1.54, 1.807) is 33.5 Å². The highest BCUT2D eigenvalue weighted by Gasteiger charge is 2.27. The smallest absolute Gasteiger partial charge is 0.254 e. The van der Waals surface area contributed by atoms with Gasteiger partial charge in [0.15, 0.2) is 11.5 Å². The van der Waals surface area contributed by atoms with Gasteiger partial charge in [0, 0.05) is 30.7 Å². The maximum absolute atomic E-state index is 12.8. The van der Waals surface area contributed by atoms with Crippen LogP contribution in [0.2, 0.25) is 0 Å². The van der Waals surface area contributed by atoms with Crippen LogP contribution >= 0.6 is 12.4 Å². The minimum atomic E-state index is -0.0283. The summed E-state index contributed by atoms with van der Waals surface area (Å²) in [6.45, 7) is 5.51. The van der Waals surface area contributed by atoms with Gasteiger partial charge in [0.1, 0.15) is 0 Å². The molecule has 0 spiro atoms. The highest BCUT2D eigenvalue weighted by atomic mass is 35.5. The van der Waals surface area contributed by atoms with Crippen LogP contribution in [0.4, 0.5) is 0 Å². The van der Waals surface area contributed by atoms with Crippen LogP contribution in [-0.2, 0) is 0 Å². The molecule has 1 saturated heterocycles. The molecule has 2 rings (SSSR count). The zero-order valence-corrected chi connectivity index (χ0v) is 15.0. The number of hydrogen-bond donors (Lipinski definition) is 1. The second-order valence-electron chi connectivity index (χ2n) is 5.59. The van der Waals surface area contributed by atoms with E-state index in [1.807, 2.05) is 4.90 Å². The fraction of sp³-hybridized carbons (Fsp3) is 0.562. The summed E-state index contributed by atoms with van der Waals surface area (Å²) in [7, 11) is 4.63. The van der Waals surface area contributed by atoms with Gasteiger partial charge >= 0.3 is 0 Å². The van der Waals surface area contributed by atoms with E-state index in [4.69, 9.17) is 14.2 Å². The predicted molar refractivity (Wildman–Crippen MR) is 91.3 cm³/mol. The number of rotatable bonds is 4. The number of carbonyl (C=O) groups excluding carboxylic acids is 1. The Labute approximate surface area is 143 Å². The summed E-state index contributed by atoms with van der Waals surface area (Å²) in [6.07, 6.45) is 0. The van der Waals surface area contributed by atoms with Crippen LogP contribution in [0.3, 0.4) is 0 Å². The molecule has 0 radical (unpaired) electrons. The van der Waals surface area contributed by atoms with E-state index in [9.17, 15) is 4.79 Å². The quantitative estimate of drug-likeness (QED) is 0.904. The zero-order valence-electron chi connectivity index (χ0n) is 14.2. The van der Waals surface area contributed by atoms with Crippen molar-refractivity contribution in [3.63, 3.8) is 0 Å². The van der Waals surface area contributed by atoms with Crippen LogP contribution in [0.25, 0.3) is 0 Å². The molecule has 1 heterocycles. The molecule has 0 aliphatic carbocycles. The average molecular weight is 345 g/mol. The first kappa shape index (κ1) is 19.4. The van der Waals surface area contributed by atoms with Gasteiger partial charge in [0.05, 0.1) is 21.3 Å². The van der Waals surface area contributed by atoms with Crippen molar-refractivity contribution in [2.75, 3.05) is 34.4 Å². The zero-order chi connectivity index (χ0) is 16.3. The molecule has 6 nitrogen and oxygen atoms in total. The molecule has 1 amide bonds. The Morgan fingerprint density at radius 3 is 1.91 bits per heavy atom. The Morgan fingerprint density at radius 1 is 1.04 bits per heavy atom. The van der Waals surface area contributed by atoms with Gasteiger partial charge < -0.3 is 24.4 Å². The fourth-order valence-electron chi connectivity index (χ4n) is 2.88. The van der Waals surface area contributed by atoms with E-state index in [2.05, 4.69) is 19.2 Å². The monoisotopic (exact) mass is 344 g/mol. The standard InChI is InChI=1S/C16H24N2O4.ClH/c1-10-8-18(9-11(2)17-10)16(19)12-6-13(20-3)15(22-5)14(7-12)21-4;/h6-7,10-11,17H,8-9H2,1-5H3;1H. The Kier molecular flexibility index (Phi) is 6.97. The molecule has 1 aromatic carbocycles. The molecule has 2 atom stereocenters. The molecule has 0 bridgehead atoms. The van der Waals surface area contributed by atoms with E-state index in [0.29, 0.717) is 35.9 Å². The average Bonchev–Trinajstić information content (AvgIpc) is 2.51. The van der Waals surface area contributed by atoms with Crippen LogP contribution < -0.4 is 19.5 Å². The summed E-state index contributed by atoms with van der Waals surface area (Å²) in [5, 5.41) is 3.42. The molecule has 0 aromatic heterocycles. The molecule has 0 saturated carbocycles. The second-order valence-corrected chi connectivity index (χ2v) is 5.59. The third kappa shape index (κ3) is 4.20. The lowest BCUT2D eigenvalue weighted by Gasteiger charge is -2.36. The number of halogens is 1. The maximum Gasteiger partial charge on any atom is 0.254 e. The van der Waals surface area contributed by atoms with E-state index in [1.165, 1.54) is 0 Å². The van der Waals surface area contributed by atoms with Crippen LogP contribution in [0, 0.1) is 0 Å². The predicted octanol–water partition coefficient (Wildman–Crippen LogP) is 1.96.